The van der Waals surface area contributed by atoms with Crippen molar-refractivity contribution in [2.45, 2.75) is 19.3 Å². The summed E-state index contributed by atoms with van der Waals surface area (Å²) in [5, 5.41) is 18.6. The van der Waals surface area contributed by atoms with E-state index in [0.29, 0.717) is 6.42 Å². The number of hydrogen-bond donors (Lipinski definition) is 2. The molecule has 2 N–H and O–H groups in total. The molecular weight excluding hydrogens is 288 g/mol. The molecule has 1 aliphatic rings. The molecular formula is C20H18O3. The lowest BCUT2D eigenvalue weighted by atomic mass is 9.87. The molecule has 1 aliphatic carbocycles. The van der Waals surface area contributed by atoms with E-state index in [1.165, 1.54) is 0 Å². The molecule has 116 valence electrons. The molecule has 0 amide bonds. The highest BCUT2D eigenvalue weighted by Crippen LogP contribution is 2.28. The zero-order valence-corrected chi connectivity index (χ0v) is 12.7. The Labute approximate surface area is 135 Å². The smallest absolute Gasteiger partial charge is 0.162 e. The van der Waals surface area contributed by atoms with E-state index in [9.17, 15) is 15.0 Å². The van der Waals surface area contributed by atoms with Crippen LogP contribution in [0.3, 0.4) is 0 Å². The quantitative estimate of drug-likeness (QED) is 0.812. The number of benzene rings is 2. The molecule has 1 saturated carbocycles. The van der Waals surface area contributed by atoms with Gasteiger partial charge < -0.3 is 10.2 Å². The van der Waals surface area contributed by atoms with Gasteiger partial charge >= 0.3 is 0 Å². The van der Waals surface area contributed by atoms with Crippen LogP contribution < -0.4 is 0 Å². The van der Waals surface area contributed by atoms with Crippen LogP contribution in [0.15, 0.2) is 59.7 Å². The fourth-order valence-electron chi connectivity index (χ4n) is 2.70. The minimum Gasteiger partial charge on any atom is -0.508 e. The Morgan fingerprint density at radius 3 is 1.78 bits per heavy atom. The zero-order chi connectivity index (χ0) is 16.2. The maximum Gasteiger partial charge on any atom is 0.162 e. The molecule has 0 atom stereocenters. The third-order valence-electron chi connectivity index (χ3n) is 3.96. The van der Waals surface area contributed by atoms with Crippen molar-refractivity contribution in [1.29, 1.82) is 0 Å². The molecule has 3 nitrogen and oxygen atoms in total. The predicted octanol–water partition coefficient (Wildman–Crippen LogP) is 4.32. The number of aromatic hydroxyl groups is 2. The van der Waals surface area contributed by atoms with Gasteiger partial charge in [-0.3, -0.25) is 4.79 Å². The number of carbonyl (C=O) groups excluding carboxylic acids is 1. The molecule has 3 heteroatoms. The first-order valence-corrected chi connectivity index (χ1v) is 7.61. The van der Waals surface area contributed by atoms with Gasteiger partial charge in [0.25, 0.3) is 0 Å². The molecule has 0 spiro atoms. The number of phenolic OH excluding ortho intramolecular Hbond substituents is 2. The summed E-state index contributed by atoms with van der Waals surface area (Å²) in [7, 11) is 0. The topological polar surface area (TPSA) is 57.5 Å². The highest BCUT2D eigenvalue weighted by Gasteiger charge is 2.18. The third-order valence-corrected chi connectivity index (χ3v) is 3.96. The van der Waals surface area contributed by atoms with Crippen LogP contribution in [0.1, 0.15) is 30.4 Å². The van der Waals surface area contributed by atoms with Gasteiger partial charge in [-0.15, -0.1) is 0 Å². The molecule has 3 rings (SSSR count). The van der Waals surface area contributed by atoms with Crippen LogP contribution in [0.5, 0.6) is 11.5 Å². The van der Waals surface area contributed by atoms with E-state index in [2.05, 4.69) is 0 Å². The second kappa shape index (κ2) is 6.53. The molecule has 1 fully saturated rings. The maximum absolute atomic E-state index is 12.3. The molecule has 2 aromatic carbocycles. The molecule has 0 bridgehead atoms. The minimum atomic E-state index is 0.148. The fraction of sp³-hybridized carbons (Fsp3) is 0.150. The second-order valence-corrected chi connectivity index (χ2v) is 5.76. The van der Waals surface area contributed by atoms with Gasteiger partial charge in [0.2, 0.25) is 0 Å². The van der Waals surface area contributed by atoms with Gasteiger partial charge in [0.1, 0.15) is 11.5 Å². The van der Waals surface area contributed by atoms with Crippen molar-refractivity contribution in [3.05, 3.63) is 70.8 Å². The molecule has 2 aromatic rings. The van der Waals surface area contributed by atoms with Crippen LogP contribution in [0.2, 0.25) is 0 Å². The zero-order valence-electron chi connectivity index (χ0n) is 12.7. The highest BCUT2D eigenvalue weighted by molar-refractivity contribution is 6.02. The van der Waals surface area contributed by atoms with E-state index < -0.39 is 0 Å². The minimum absolute atomic E-state index is 0.148. The third kappa shape index (κ3) is 3.89. The lowest BCUT2D eigenvalue weighted by Crippen LogP contribution is -2.10. The van der Waals surface area contributed by atoms with Crippen molar-refractivity contribution in [3.8, 4) is 11.5 Å². The Kier molecular flexibility index (Phi) is 4.29. The molecule has 0 saturated heterocycles. The summed E-state index contributed by atoms with van der Waals surface area (Å²) >= 11 is 0. The van der Waals surface area contributed by atoms with Crippen LogP contribution in [0.25, 0.3) is 12.2 Å². The summed E-state index contributed by atoms with van der Waals surface area (Å²) in [5.74, 6) is 0.613. The van der Waals surface area contributed by atoms with Gasteiger partial charge in [0.05, 0.1) is 0 Å². The van der Waals surface area contributed by atoms with Crippen molar-refractivity contribution in [1.82, 2.24) is 0 Å². The van der Waals surface area contributed by atoms with E-state index >= 15 is 0 Å². The Morgan fingerprint density at radius 2 is 1.26 bits per heavy atom. The number of allylic oxidation sites excluding steroid dienone is 2. The average molecular weight is 306 g/mol. The van der Waals surface area contributed by atoms with Gasteiger partial charge in [-0.25, -0.2) is 0 Å². The van der Waals surface area contributed by atoms with Gasteiger partial charge in [0.15, 0.2) is 5.78 Å². The molecule has 23 heavy (non-hydrogen) atoms. The highest BCUT2D eigenvalue weighted by atomic mass is 16.3. The number of Topliss-reactive ketones (excluding diaryl/α,β-unsaturated/α-hetero) is 1. The predicted molar refractivity (Wildman–Crippen MR) is 91.0 cm³/mol. The van der Waals surface area contributed by atoms with Crippen molar-refractivity contribution >= 4 is 17.9 Å². The van der Waals surface area contributed by atoms with Crippen LogP contribution in [-0.2, 0) is 4.79 Å². The van der Waals surface area contributed by atoms with Crippen LogP contribution in [0, 0.1) is 0 Å². The van der Waals surface area contributed by atoms with Crippen LogP contribution >= 0.6 is 0 Å². The van der Waals surface area contributed by atoms with Crippen LogP contribution in [0.4, 0.5) is 0 Å². The van der Waals surface area contributed by atoms with E-state index in [-0.39, 0.29) is 17.3 Å². The maximum atomic E-state index is 12.3. The first-order chi connectivity index (χ1) is 11.1. The summed E-state index contributed by atoms with van der Waals surface area (Å²) in [6.07, 6.45) is 5.94. The largest absolute Gasteiger partial charge is 0.508 e. The van der Waals surface area contributed by atoms with E-state index in [1.54, 1.807) is 36.4 Å². The SMILES string of the molecule is O=C1C/C(=C/c2ccc(O)cc2)CC/C1=C/c1ccc(O)cc1. The lowest BCUT2D eigenvalue weighted by Gasteiger charge is -2.16. The standard InChI is InChI=1S/C20H18O3/c21-18-7-2-14(3-8-18)11-16-1-6-17(20(23)13-16)12-15-4-9-19(22)10-5-15/h2-5,7-12,21-22H,1,6,13H2/b16-11+,17-12-. The summed E-state index contributed by atoms with van der Waals surface area (Å²) in [5.41, 5.74) is 3.87. The van der Waals surface area contributed by atoms with E-state index in [4.69, 9.17) is 0 Å². The molecule has 0 heterocycles. The molecule has 0 aliphatic heterocycles. The summed E-state index contributed by atoms with van der Waals surface area (Å²) in [4.78, 5) is 12.3. The van der Waals surface area contributed by atoms with Gasteiger partial charge in [0, 0.05) is 6.42 Å². The number of hydrogen-bond acceptors (Lipinski definition) is 3. The molecule has 0 radical (unpaired) electrons. The second-order valence-electron chi connectivity index (χ2n) is 5.76. The average Bonchev–Trinajstić information content (AvgIpc) is 2.54. The molecule has 0 unspecified atom stereocenters. The number of carbonyl (C=O) groups is 1. The Hall–Kier alpha value is -2.81. The van der Waals surface area contributed by atoms with Crippen LogP contribution in [-0.4, -0.2) is 16.0 Å². The normalized spacial score (nSPS) is 18.5. The summed E-state index contributed by atoms with van der Waals surface area (Å²) in [6, 6.07) is 13.8. The van der Waals surface area contributed by atoms with Gasteiger partial charge in [-0.2, -0.15) is 0 Å². The summed E-state index contributed by atoms with van der Waals surface area (Å²) in [6.45, 7) is 0. The monoisotopic (exact) mass is 306 g/mol. The van der Waals surface area contributed by atoms with E-state index in [0.717, 1.165) is 35.1 Å². The summed E-state index contributed by atoms with van der Waals surface area (Å²) < 4.78 is 0. The fourth-order valence-corrected chi connectivity index (χ4v) is 2.70. The molecule has 0 aromatic heterocycles. The Balaban J connectivity index is 1.73. The van der Waals surface area contributed by atoms with Crippen molar-refractivity contribution in [3.63, 3.8) is 0 Å². The van der Waals surface area contributed by atoms with Gasteiger partial charge in [-0.1, -0.05) is 35.9 Å². The number of ketones is 1. The Bertz CT molecular complexity index is 766. The lowest BCUT2D eigenvalue weighted by molar-refractivity contribution is -0.115. The van der Waals surface area contributed by atoms with Crippen molar-refractivity contribution in [2.24, 2.45) is 0 Å². The first-order valence-electron chi connectivity index (χ1n) is 7.61. The van der Waals surface area contributed by atoms with Crippen molar-refractivity contribution in [2.75, 3.05) is 0 Å². The Morgan fingerprint density at radius 1 is 0.739 bits per heavy atom. The number of rotatable bonds is 2. The number of phenols is 2. The van der Waals surface area contributed by atoms with Crippen molar-refractivity contribution < 1.29 is 15.0 Å². The van der Waals surface area contributed by atoms with Gasteiger partial charge in [-0.05, 0) is 59.9 Å². The first kappa shape index (κ1) is 15.1. The van der Waals surface area contributed by atoms with E-state index in [1.807, 2.05) is 24.3 Å².